The van der Waals surface area contributed by atoms with E-state index < -0.39 is 59.0 Å². The van der Waals surface area contributed by atoms with Gasteiger partial charge < -0.3 is 25.2 Å². The van der Waals surface area contributed by atoms with E-state index >= 15 is 4.39 Å². The molecule has 0 radical (unpaired) electrons. The molecule has 2 saturated heterocycles. The van der Waals surface area contributed by atoms with Crippen molar-refractivity contribution in [1.29, 1.82) is 5.26 Å². The molecule has 40 heavy (non-hydrogen) atoms. The molecule has 2 saturated carbocycles. The predicted octanol–water partition coefficient (Wildman–Crippen LogP) is 1.26. The third-order valence-electron chi connectivity index (χ3n) is 9.64. The Hall–Kier alpha value is -3.75. The zero-order valence-electron chi connectivity index (χ0n) is 22.7. The summed E-state index contributed by atoms with van der Waals surface area (Å²) < 4.78 is 21.1. The van der Waals surface area contributed by atoms with E-state index in [4.69, 9.17) is 4.74 Å². The molecule has 6 rings (SSSR count). The summed E-state index contributed by atoms with van der Waals surface area (Å²) in [5.74, 6) is -1.93. The van der Waals surface area contributed by atoms with Crippen LogP contribution in [0, 0.1) is 40.4 Å². The van der Waals surface area contributed by atoms with Crippen LogP contribution < -0.4 is 15.4 Å². The first-order valence-electron chi connectivity index (χ1n) is 13.8. The zero-order chi connectivity index (χ0) is 28.6. The lowest BCUT2D eigenvalue weighted by Crippen LogP contribution is -2.59. The number of aromatic nitrogens is 1. The molecule has 1 aromatic rings. The lowest BCUT2D eigenvalue weighted by molar-refractivity contribution is -0.149. The highest BCUT2D eigenvalue weighted by atomic mass is 19.1. The highest BCUT2D eigenvalue weighted by Crippen LogP contribution is 2.59. The van der Waals surface area contributed by atoms with Crippen LogP contribution in [0.1, 0.15) is 40.0 Å². The number of anilines is 1. The number of hydrogen-bond acceptors (Lipinski definition) is 7. The Kier molecular flexibility index (Phi) is 6.05. The Morgan fingerprint density at radius 3 is 2.80 bits per heavy atom. The van der Waals surface area contributed by atoms with Crippen molar-refractivity contribution < 1.29 is 28.3 Å². The SMILES string of the molecule is CC(C)(C)C(NC=O)C(=O)N1CC2C3CC(F)C(C3)C2C1C(=O)N1CC2(CC1C#N)Oc1ncccc1NC2=O. The van der Waals surface area contributed by atoms with E-state index in [-0.39, 0.29) is 43.1 Å². The van der Waals surface area contributed by atoms with E-state index in [2.05, 4.69) is 21.7 Å². The van der Waals surface area contributed by atoms with Gasteiger partial charge in [-0.3, -0.25) is 19.2 Å². The van der Waals surface area contributed by atoms with Gasteiger partial charge in [0.15, 0.2) is 0 Å². The smallest absolute Gasteiger partial charge is 0.270 e. The van der Waals surface area contributed by atoms with Gasteiger partial charge in [-0.1, -0.05) is 20.8 Å². The zero-order valence-corrected chi connectivity index (χ0v) is 22.7. The lowest BCUT2D eigenvalue weighted by atomic mass is 9.77. The number of nitriles is 1. The van der Waals surface area contributed by atoms with Crippen LogP contribution >= 0.6 is 0 Å². The summed E-state index contributed by atoms with van der Waals surface area (Å²) >= 11 is 0. The minimum absolute atomic E-state index is 0.0471. The summed E-state index contributed by atoms with van der Waals surface area (Å²) in [6.07, 6.45) is 1.95. The van der Waals surface area contributed by atoms with Gasteiger partial charge in [-0.15, -0.1) is 0 Å². The highest BCUT2D eigenvalue weighted by molar-refractivity contribution is 6.02. The molecule has 1 aromatic heterocycles. The van der Waals surface area contributed by atoms with E-state index in [0.29, 0.717) is 24.9 Å². The fraction of sp³-hybridized carbons (Fsp3) is 0.643. The molecule has 9 unspecified atom stereocenters. The molecule has 2 N–H and O–H groups in total. The van der Waals surface area contributed by atoms with Gasteiger partial charge in [0.2, 0.25) is 29.7 Å². The fourth-order valence-corrected chi connectivity index (χ4v) is 7.84. The number of pyridine rings is 1. The van der Waals surface area contributed by atoms with Crippen molar-refractivity contribution in [3.63, 3.8) is 0 Å². The van der Waals surface area contributed by atoms with Crippen molar-refractivity contribution in [2.75, 3.05) is 18.4 Å². The van der Waals surface area contributed by atoms with Crippen LogP contribution in [0.4, 0.5) is 10.1 Å². The number of rotatable bonds is 4. The van der Waals surface area contributed by atoms with E-state index in [9.17, 15) is 24.4 Å². The molecule has 4 amide bonds. The number of nitrogens with one attached hydrogen (secondary N) is 2. The first-order valence-corrected chi connectivity index (χ1v) is 13.8. The second kappa shape index (κ2) is 9.14. The lowest BCUT2D eigenvalue weighted by Gasteiger charge is -2.38. The van der Waals surface area contributed by atoms with Crippen molar-refractivity contribution >= 4 is 29.8 Å². The first-order chi connectivity index (χ1) is 19.0. The topological polar surface area (TPSA) is 145 Å². The summed E-state index contributed by atoms with van der Waals surface area (Å²) in [4.78, 5) is 60.1. The van der Waals surface area contributed by atoms with Gasteiger partial charge in [0.1, 0.15) is 30.0 Å². The van der Waals surface area contributed by atoms with Crippen LogP contribution in [0.5, 0.6) is 5.88 Å². The number of hydrogen-bond donors (Lipinski definition) is 2. The largest absolute Gasteiger partial charge is 0.457 e. The third-order valence-corrected chi connectivity index (χ3v) is 9.64. The molecule has 4 heterocycles. The maximum absolute atomic E-state index is 15.1. The van der Waals surface area contributed by atoms with Gasteiger partial charge >= 0.3 is 0 Å². The summed E-state index contributed by atoms with van der Waals surface area (Å²) in [5.41, 5.74) is -1.76. The molecular weight excluding hydrogens is 519 g/mol. The van der Waals surface area contributed by atoms with Crippen molar-refractivity contribution in [2.24, 2.45) is 29.1 Å². The van der Waals surface area contributed by atoms with Gasteiger partial charge in [0, 0.05) is 19.2 Å². The molecule has 0 aromatic carbocycles. The summed E-state index contributed by atoms with van der Waals surface area (Å²) in [5, 5.41) is 15.5. The monoisotopic (exact) mass is 552 g/mol. The number of ether oxygens (including phenoxy) is 1. The van der Waals surface area contributed by atoms with Crippen LogP contribution in [0.2, 0.25) is 0 Å². The highest BCUT2D eigenvalue weighted by Gasteiger charge is 2.65. The molecule has 2 aliphatic carbocycles. The summed E-state index contributed by atoms with van der Waals surface area (Å²) in [6.45, 7) is 5.54. The average molecular weight is 553 g/mol. The van der Waals surface area contributed by atoms with Gasteiger partial charge in [-0.25, -0.2) is 9.37 Å². The second-order valence-electron chi connectivity index (χ2n) is 12.9. The fourth-order valence-electron chi connectivity index (χ4n) is 7.84. The number of likely N-dealkylation sites (tertiary alicyclic amines) is 2. The molecule has 11 nitrogen and oxygen atoms in total. The summed E-state index contributed by atoms with van der Waals surface area (Å²) in [7, 11) is 0. The van der Waals surface area contributed by atoms with E-state index in [1.165, 1.54) is 16.0 Å². The van der Waals surface area contributed by atoms with Gasteiger partial charge in [0.05, 0.1) is 12.6 Å². The van der Waals surface area contributed by atoms with E-state index in [0.717, 1.165) is 0 Å². The number of carbonyl (C=O) groups excluding carboxylic acids is 4. The Morgan fingerprint density at radius 2 is 2.10 bits per heavy atom. The molecule has 1 spiro atoms. The number of alkyl halides is 1. The number of halogens is 1. The minimum Gasteiger partial charge on any atom is -0.457 e. The molecule has 12 heteroatoms. The number of amides is 4. The van der Waals surface area contributed by atoms with Crippen LogP contribution in [0.15, 0.2) is 18.3 Å². The predicted molar refractivity (Wildman–Crippen MR) is 138 cm³/mol. The van der Waals surface area contributed by atoms with E-state index in [1.54, 1.807) is 12.1 Å². The van der Waals surface area contributed by atoms with Crippen LogP contribution in [-0.2, 0) is 19.2 Å². The van der Waals surface area contributed by atoms with Gasteiger partial charge in [-0.05, 0) is 54.1 Å². The summed E-state index contributed by atoms with van der Waals surface area (Å²) in [6, 6.07) is 2.54. The first kappa shape index (κ1) is 26.5. The van der Waals surface area contributed by atoms with Crippen LogP contribution in [0.25, 0.3) is 0 Å². The minimum atomic E-state index is -1.52. The van der Waals surface area contributed by atoms with Crippen molar-refractivity contribution in [3.8, 4) is 11.9 Å². The van der Waals surface area contributed by atoms with Gasteiger partial charge in [0.25, 0.3) is 5.91 Å². The van der Waals surface area contributed by atoms with Crippen molar-refractivity contribution in [2.45, 2.75) is 69.9 Å². The van der Waals surface area contributed by atoms with Crippen molar-refractivity contribution in [3.05, 3.63) is 18.3 Å². The second-order valence-corrected chi connectivity index (χ2v) is 12.9. The Labute approximate surface area is 231 Å². The quantitative estimate of drug-likeness (QED) is 0.535. The number of carbonyl (C=O) groups is 4. The third kappa shape index (κ3) is 3.84. The maximum Gasteiger partial charge on any atom is 0.270 e. The maximum atomic E-state index is 15.1. The molecule has 212 valence electrons. The van der Waals surface area contributed by atoms with Crippen molar-refractivity contribution in [1.82, 2.24) is 20.1 Å². The standard InChI is InChI=1S/C28H33FN6O5/c1-27(2,3)22(32-13-36)25(38)34-11-17-14-7-16(18(29)8-14)20(17)21(34)24(37)35-12-28(9-15(35)10-30)26(39)33-19-5-4-6-31-23(19)40-28/h4-6,13-18,20-22H,7-9,11-12H2,1-3H3,(H,32,36)(H,33,39). The molecule has 2 bridgehead atoms. The average Bonchev–Trinajstić information content (AvgIpc) is 3.66. The number of fused-ring (bicyclic) bond motifs is 6. The van der Waals surface area contributed by atoms with Crippen LogP contribution in [-0.4, -0.2) is 81.9 Å². The van der Waals surface area contributed by atoms with Gasteiger partial charge in [-0.2, -0.15) is 5.26 Å². The normalized spacial score (nSPS) is 36.4. The Morgan fingerprint density at radius 1 is 1.32 bits per heavy atom. The molecule has 5 aliphatic rings. The molecular formula is C28H33FN6O5. The number of nitrogens with zero attached hydrogens (tertiary/aromatic N) is 4. The van der Waals surface area contributed by atoms with Crippen LogP contribution in [0.3, 0.4) is 0 Å². The Balaban J connectivity index is 1.35. The van der Waals surface area contributed by atoms with E-state index in [1.807, 2.05) is 20.8 Å². The molecule has 3 aliphatic heterocycles. The molecule has 9 atom stereocenters. The Bertz CT molecular complexity index is 1310. The molecule has 4 fully saturated rings.